The second-order valence-electron chi connectivity index (χ2n) is 6.42. The highest BCUT2D eigenvalue weighted by Gasteiger charge is 2.12. The average Bonchev–Trinajstić information content (AvgIpc) is 2.72. The predicted octanol–water partition coefficient (Wildman–Crippen LogP) is 1.00. The van der Waals surface area contributed by atoms with Crippen LogP contribution in [0.1, 0.15) is 35.8 Å². The van der Waals surface area contributed by atoms with Crippen LogP contribution in [0.25, 0.3) is 11.2 Å². The van der Waals surface area contributed by atoms with Crippen LogP contribution in [-0.4, -0.2) is 38.2 Å². The van der Waals surface area contributed by atoms with E-state index in [4.69, 9.17) is 5.73 Å². The number of H-pyrrole nitrogens is 1. The number of rotatable bonds is 8. The van der Waals surface area contributed by atoms with Crippen molar-refractivity contribution in [1.82, 2.24) is 25.3 Å². The second kappa shape index (κ2) is 8.91. The molecule has 2 aromatic heterocycles. The summed E-state index contributed by atoms with van der Waals surface area (Å²) < 4.78 is 0. The molecule has 0 radical (unpaired) electrons. The number of hydrogen-bond donors (Lipinski definition) is 4. The van der Waals surface area contributed by atoms with Crippen LogP contribution < -0.4 is 21.9 Å². The lowest BCUT2D eigenvalue weighted by Gasteiger charge is -2.12. The molecule has 29 heavy (non-hydrogen) atoms. The van der Waals surface area contributed by atoms with Gasteiger partial charge in [0.25, 0.3) is 11.5 Å². The first kappa shape index (κ1) is 19.9. The summed E-state index contributed by atoms with van der Waals surface area (Å²) in [5.74, 6) is -0.311. The Morgan fingerprint density at radius 3 is 2.72 bits per heavy atom. The van der Waals surface area contributed by atoms with Crippen molar-refractivity contribution in [2.24, 2.45) is 0 Å². The monoisotopic (exact) mass is 395 g/mol. The number of nitrogens with one attached hydrogen (secondary N) is 3. The molecule has 0 fully saturated rings. The van der Waals surface area contributed by atoms with Gasteiger partial charge in [-0.3, -0.25) is 14.6 Å². The van der Waals surface area contributed by atoms with E-state index in [9.17, 15) is 14.4 Å². The van der Waals surface area contributed by atoms with E-state index < -0.39 is 11.6 Å². The van der Waals surface area contributed by atoms with E-state index in [1.165, 1.54) is 6.20 Å². The van der Waals surface area contributed by atoms with Gasteiger partial charge in [0.05, 0.1) is 24.5 Å². The van der Waals surface area contributed by atoms with E-state index in [1.54, 1.807) is 24.3 Å². The molecular weight excluding hydrogens is 374 g/mol. The highest BCUT2D eigenvalue weighted by Crippen LogP contribution is 2.12. The molecule has 0 saturated heterocycles. The summed E-state index contributed by atoms with van der Waals surface area (Å²) in [6.07, 6.45) is 3.67. The maximum absolute atomic E-state index is 12.2. The van der Waals surface area contributed by atoms with Gasteiger partial charge in [-0.1, -0.05) is 13.3 Å². The largest absolute Gasteiger partial charge is 0.379 e. The molecule has 150 valence electrons. The summed E-state index contributed by atoms with van der Waals surface area (Å²) in [4.78, 5) is 49.8. The van der Waals surface area contributed by atoms with Crippen LogP contribution in [0.15, 0.2) is 35.3 Å². The number of anilines is 2. The molecule has 3 rings (SSSR count). The summed E-state index contributed by atoms with van der Waals surface area (Å²) in [6, 6.07) is 6.33. The van der Waals surface area contributed by atoms with Crippen LogP contribution in [-0.2, 0) is 11.3 Å². The number of nitrogens with zero attached hydrogens (tertiary/aromatic N) is 3. The number of carbonyl (C=O) groups is 2. The first-order valence-corrected chi connectivity index (χ1v) is 9.11. The first-order valence-electron chi connectivity index (χ1n) is 9.11. The fraction of sp³-hybridized carbons (Fsp3) is 0.263. The van der Waals surface area contributed by atoms with E-state index in [-0.39, 0.29) is 23.0 Å². The van der Waals surface area contributed by atoms with Crippen molar-refractivity contribution < 1.29 is 9.59 Å². The molecule has 0 aliphatic heterocycles. The Balaban J connectivity index is 1.64. The normalized spacial score (nSPS) is 11.8. The van der Waals surface area contributed by atoms with Crippen LogP contribution in [0, 0.1) is 0 Å². The van der Waals surface area contributed by atoms with E-state index in [2.05, 4.69) is 30.6 Å². The Hall–Kier alpha value is -3.82. The fourth-order valence-electron chi connectivity index (χ4n) is 2.73. The number of carbonyl (C=O) groups excluding carboxylic acids is 2. The van der Waals surface area contributed by atoms with Gasteiger partial charge >= 0.3 is 0 Å². The van der Waals surface area contributed by atoms with Gasteiger partial charge in [0.1, 0.15) is 6.29 Å². The van der Waals surface area contributed by atoms with Crippen molar-refractivity contribution in [2.75, 3.05) is 11.1 Å². The summed E-state index contributed by atoms with van der Waals surface area (Å²) in [7, 11) is 0. The SMILES string of the molecule is CCCC(C=O)NC(=O)c1ccc(NCc2cnc3nc(N)[nH]c(=O)c3n2)cc1. The molecule has 0 bridgehead atoms. The quantitative estimate of drug-likeness (QED) is 0.412. The van der Waals surface area contributed by atoms with Crippen LogP contribution in [0.2, 0.25) is 0 Å². The Bertz CT molecular complexity index is 1080. The van der Waals surface area contributed by atoms with Crippen molar-refractivity contribution in [3.63, 3.8) is 0 Å². The zero-order valence-corrected chi connectivity index (χ0v) is 15.8. The molecule has 2 heterocycles. The standard InChI is InChI=1S/C19H21N7O3/c1-2-3-13(10-27)24-17(28)11-4-6-12(7-5-11)21-8-14-9-22-16-15(23-14)18(29)26-19(20)25-16/h4-7,9-10,13,21H,2-3,8H2,1H3,(H,24,28)(H3,20,22,25,26,29). The topological polar surface area (TPSA) is 156 Å². The van der Waals surface area contributed by atoms with Crippen LogP contribution in [0.3, 0.4) is 0 Å². The lowest BCUT2D eigenvalue weighted by Crippen LogP contribution is -2.35. The molecule has 1 atom stereocenters. The van der Waals surface area contributed by atoms with Gasteiger partial charge in [-0.05, 0) is 30.7 Å². The summed E-state index contributed by atoms with van der Waals surface area (Å²) >= 11 is 0. The van der Waals surface area contributed by atoms with Crippen LogP contribution in [0.5, 0.6) is 0 Å². The van der Waals surface area contributed by atoms with Crippen LogP contribution in [0.4, 0.5) is 11.6 Å². The minimum absolute atomic E-state index is 0.0130. The Kier molecular flexibility index (Phi) is 6.12. The Morgan fingerprint density at radius 2 is 2.03 bits per heavy atom. The third-order valence-corrected chi connectivity index (χ3v) is 4.19. The maximum Gasteiger partial charge on any atom is 0.280 e. The smallest absolute Gasteiger partial charge is 0.280 e. The van der Waals surface area contributed by atoms with Gasteiger partial charge < -0.3 is 21.2 Å². The number of nitrogen functional groups attached to an aromatic ring is 1. The van der Waals surface area contributed by atoms with Crippen molar-refractivity contribution in [1.29, 1.82) is 0 Å². The van der Waals surface area contributed by atoms with Crippen molar-refractivity contribution in [2.45, 2.75) is 32.4 Å². The molecule has 0 aliphatic rings. The molecule has 1 amide bonds. The average molecular weight is 395 g/mol. The highest BCUT2D eigenvalue weighted by atomic mass is 16.2. The van der Waals surface area contributed by atoms with E-state index in [1.807, 2.05) is 6.92 Å². The fourth-order valence-corrected chi connectivity index (χ4v) is 2.73. The lowest BCUT2D eigenvalue weighted by atomic mass is 10.1. The third-order valence-electron chi connectivity index (χ3n) is 4.19. The van der Waals surface area contributed by atoms with Gasteiger partial charge in [-0.25, -0.2) is 9.97 Å². The molecule has 1 aromatic carbocycles. The lowest BCUT2D eigenvalue weighted by molar-refractivity contribution is -0.109. The summed E-state index contributed by atoms with van der Waals surface area (Å²) in [6.45, 7) is 2.27. The zero-order valence-electron chi connectivity index (χ0n) is 15.8. The van der Waals surface area contributed by atoms with E-state index in [0.717, 1.165) is 18.4 Å². The number of aromatic amines is 1. The summed E-state index contributed by atoms with van der Waals surface area (Å²) in [5.41, 5.74) is 7.09. The molecule has 0 saturated carbocycles. The molecular formula is C19H21N7O3. The van der Waals surface area contributed by atoms with Crippen LogP contribution >= 0.6 is 0 Å². The Labute approximate surface area is 166 Å². The number of benzene rings is 1. The number of hydrogen-bond acceptors (Lipinski definition) is 8. The maximum atomic E-state index is 12.2. The van der Waals surface area contributed by atoms with Gasteiger partial charge in [0, 0.05) is 11.3 Å². The van der Waals surface area contributed by atoms with Gasteiger partial charge in [-0.2, -0.15) is 4.98 Å². The minimum atomic E-state index is -0.482. The highest BCUT2D eigenvalue weighted by molar-refractivity contribution is 5.95. The molecule has 0 aliphatic carbocycles. The van der Waals surface area contributed by atoms with Gasteiger partial charge in [0.2, 0.25) is 5.95 Å². The predicted molar refractivity (Wildman–Crippen MR) is 108 cm³/mol. The molecule has 5 N–H and O–H groups in total. The van der Waals surface area contributed by atoms with E-state index >= 15 is 0 Å². The number of aldehydes is 1. The van der Waals surface area contributed by atoms with Gasteiger partial charge in [-0.15, -0.1) is 0 Å². The Morgan fingerprint density at radius 1 is 1.28 bits per heavy atom. The summed E-state index contributed by atoms with van der Waals surface area (Å²) in [5, 5.41) is 5.84. The molecule has 1 unspecified atom stereocenters. The number of nitrogens with two attached hydrogens (primary N) is 1. The number of amides is 1. The van der Waals surface area contributed by atoms with Gasteiger partial charge in [0.15, 0.2) is 11.2 Å². The second-order valence-corrected chi connectivity index (χ2v) is 6.42. The molecule has 10 heteroatoms. The third kappa shape index (κ3) is 4.92. The molecule has 3 aromatic rings. The number of fused-ring (bicyclic) bond motifs is 1. The molecule has 0 spiro atoms. The van der Waals surface area contributed by atoms with Crippen molar-refractivity contribution >= 4 is 35.0 Å². The van der Waals surface area contributed by atoms with Crippen molar-refractivity contribution in [3.05, 3.63) is 52.1 Å². The number of aromatic nitrogens is 4. The molecule has 10 nitrogen and oxygen atoms in total. The first-order chi connectivity index (χ1) is 14.0. The minimum Gasteiger partial charge on any atom is -0.379 e. The van der Waals surface area contributed by atoms with Crippen molar-refractivity contribution in [3.8, 4) is 0 Å². The van der Waals surface area contributed by atoms with E-state index in [0.29, 0.717) is 24.2 Å². The zero-order chi connectivity index (χ0) is 20.8.